The van der Waals surface area contributed by atoms with Crippen LogP contribution in [0.15, 0.2) is 61.1 Å². The van der Waals surface area contributed by atoms with Crippen LogP contribution in [-0.4, -0.2) is 72.1 Å². The average Bonchev–Trinajstić information content (AvgIpc) is 3.25. The van der Waals surface area contributed by atoms with E-state index in [1.165, 1.54) is 0 Å². The number of anilines is 2. The molecule has 1 aliphatic heterocycles. The number of ether oxygens (including phenoxy) is 2. The molecule has 3 aromatic heterocycles. The summed E-state index contributed by atoms with van der Waals surface area (Å²) in [5.41, 5.74) is 1.78. The molecule has 0 aliphatic carbocycles. The molecule has 1 aliphatic rings. The topological polar surface area (TPSA) is 114 Å². The standard InChI is InChI=1S/C26H28N6O4/c1-35-13-14-36-19-6-5-18-17-32(26(34)20(18)15-19)24-4-2-3-21(29-24)25(33)30-22-16-28-8-7-23(22)31-11-9-27-10-12-31/h2-8,15-17,27,34H,9-14H2,1H3,(H,30,33). The van der Waals surface area contributed by atoms with Crippen molar-refractivity contribution in [2.24, 2.45) is 0 Å². The lowest BCUT2D eigenvalue weighted by Gasteiger charge is -2.30. The molecule has 4 aromatic rings. The second kappa shape index (κ2) is 10.6. The Morgan fingerprint density at radius 2 is 2.03 bits per heavy atom. The minimum absolute atomic E-state index is 0.0144. The number of pyridine rings is 2. The normalized spacial score (nSPS) is 13.6. The molecule has 3 N–H and O–H groups in total. The van der Waals surface area contributed by atoms with Crippen LogP contribution < -0.4 is 20.3 Å². The van der Waals surface area contributed by atoms with Gasteiger partial charge in [-0.2, -0.15) is 0 Å². The number of benzene rings is 1. The zero-order valence-electron chi connectivity index (χ0n) is 20.0. The highest BCUT2D eigenvalue weighted by Gasteiger charge is 2.18. The summed E-state index contributed by atoms with van der Waals surface area (Å²) in [6.45, 7) is 4.35. The van der Waals surface area contributed by atoms with Gasteiger partial charge in [-0.3, -0.25) is 14.3 Å². The summed E-state index contributed by atoms with van der Waals surface area (Å²) in [5.74, 6) is 0.712. The van der Waals surface area contributed by atoms with Gasteiger partial charge < -0.3 is 30.1 Å². The number of rotatable bonds is 8. The molecule has 0 bridgehead atoms. The average molecular weight is 489 g/mol. The van der Waals surface area contributed by atoms with Gasteiger partial charge in [0.25, 0.3) is 5.91 Å². The molecular weight excluding hydrogens is 460 g/mol. The molecule has 1 aromatic carbocycles. The molecule has 10 nitrogen and oxygen atoms in total. The van der Waals surface area contributed by atoms with Crippen molar-refractivity contribution in [3.63, 3.8) is 0 Å². The summed E-state index contributed by atoms with van der Waals surface area (Å²) in [4.78, 5) is 24.1. The van der Waals surface area contributed by atoms with Crippen molar-refractivity contribution in [3.05, 3.63) is 66.7 Å². The lowest BCUT2D eigenvalue weighted by Crippen LogP contribution is -2.43. The number of nitrogens with zero attached hydrogens (tertiary/aromatic N) is 4. The Kier molecular flexibility index (Phi) is 6.96. The van der Waals surface area contributed by atoms with Crippen molar-refractivity contribution in [1.29, 1.82) is 0 Å². The summed E-state index contributed by atoms with van der Waals surface area (Å²) >= 11 is 0. The third kappa shape index (κ3) is 4.95. The van der Waals surface area contributed by atoms with Gasteiger partial charge in [0.1, 0.15) is 23.9 Å². The zero-order valence-corrected chi connectivity index (χ0v) is 20.0. The van der Waals surface area contributed by atoms with Crippen molar-refractivity contribution in [2.45, 2.75) is 0 Å². The van der Waals surface area contributed by atoms with Crippen LogP contribution in [0, 0.1) is 0 Å². The minimum Gasteiger partial charge on any atom is -0.494 e. The van der Waals surface area contributed by atoms with Gasteiger partial charge in [-0.15, -0.1) is 0 Å². The zero-order chi connectivity index (χ0) is 24.9. The lowest BCUT2D eigenvalue weighted by atomic mass is 10.2. The number of aromatic nitrogens is 3. The van der Waals surface area contributed by atoms with Gasteiger partial charge in [0.15, 0.2) is 0 Å². The van der Waals surface area contributed by atoms with Crippen molar-refractivity contribution in [3.8, 4) is 17.4 Å². The summed E-state index contributed by atoms with van der Waals surface area (Å²) in [6.07, 6.45) is 5.15. The number of carbonyl (C=O) groups excluding carboxylic acids is 1. The fourth-order valence-corrected chi connectivity index (χ4v) is 4.21. The summed E-state index contributed by atoms with van der Waals surface area (Å²) in [7, 11) is 1.61. The van der Waals surface area contributed by atoms with Crippen molar-refractivity contribution in [2.75, 3.05) is 56.7 Å². The van der Waals surface area contributed by atoms with Gasteiger partial charge in [0.2, 0.25) is 5.88 Å². The Morgan fingerprint density at radius 3 is 2.86 bits per heavy atom. The number of methoxy groups -OCH3 is 1. The van der Waals surface area contributed by atoms with Gasteiger partial charge in [-0.25, -0.2) is 4.98 Å². The third-order valence-corrected chi connectivity index (χ3v) is 6.04. The first-order valence-electron chi connectivity index (χ1n) is 11.8. The Labute approximate surface area is 208 Å². The second-order valence-electron chi connectivity index (χ2n) is 8.38. The number of hydrogen-bond acceptors (Lipinski definition) is 8. The second-order valence-corrected chi connectivity index (χ2v) is 8.38. The summed E-state index contributed by atoms with van der Waals surface area (Å²) < 4.78 is 12.2. The molecule has 5 rings (SSSR count). The Morgan fingerprint density at radius 1 is 1.17 bits per heavy atom. The first kappa shape index (κ1) is 23.6. The van der Waals surface area contributed by atoms with Gasteiger partial charge in [0.05, 0.1) is 24.2 Å². The number of fused-ring (bicyclic) bond motifs is 1. The first-order valence-corrected chi connectivity index (χ1v) is 11.8. The predicted molar refractivity (Wildman–Crippen MR) is 137 cm³/mol. The molecule has 10 heteroatoms. The molecular formula is C26H28N6O4. The molecule has 1 amide bonds. The Bertz CT molecular complexity index is 1370. The van der Waals surface area contributed by atoms with Gasteiger partial charge in [-0.1, -0.05) is 6.07 Å². The van der Waals surface area contributed by atoms with Crippen molar-refractivity contribution in [1.82, 2.24) is 19.9 Å². The molecule has 1 saturated heterocycles. The van der Waals surface area contributed by atoms with Crippen molar-refractivity contribution < 1.29 is 19.4 Å². The SMILES string of the molecule is COCCOc1ccc2cn(-c3cccc(C(=O)Nc4cnccc4N4CCNCC4)n3)c(O)c2c1. The molecule has 4 heterocycles. The van der Waals surface area contributed by atoms with E-state index in [0.29, 0.717) is 35.9 Å². The van der Waals surface area contributed by atoms with E-state index in [9.17, 15) is 9.90 Å². The molecule has 36 heavy (non-hydrogen) atoms. The molecule has 1 fully saturated rings. The number of aromatic hydroxyl groups is 1. The van der Waals surface area contributed by atoms with E-state index >= 15 is 0 Å². The molecule has 0 spiro atoms. The van der Waals surface area contributed by atoms with E-state index in [1.807, 2.05) is 18.2 Å². The van der Waals surface area contributed by atoms with Crippen LogP contribution in [0.1, 0.15) is 10.5 Å². The summed E-state index contributed by atoms with van der Waals surface area (Å²) in [5, 5.41) is 18.6. The maximum absolute atomic E-state index is 13.1. The molecule has 0 radical (unpaired) electrons. The number of hydrogen-bond donors (Lipinski definition) is 3. The highest BCUT2D eigenvalue weighted by molar-refractivity contribution is 6.04. The van der Waals surface area contributed by atoms with Gasteiger partial charge in [-0.05, 0) is 36.4 Å². The van der Waals surface area contributed by atoms with E-state index in [1.54, 1.807) is 54.5 Å². The third-order valence-electron chi connectivity index (χ3n) is 6.04. The van der Waals surface area contributed by atoms with Crippen LogP contribution in [0.25, 0.3) is 16.6 Å². The largest absolute Gasteiger partial charge is 0.494 e. The Hall–Kier alpha value is -4.15. The fourth-order valence-electron chi connectivity index (χ4n) is 4.21. The number of piperazine rings is 1. The van der Waals surface area contributed by atoms with Crippen LogP contribution in [0.4, 0.5) is 11.4 Å². The summed E-state index contributed by atoms with van der Waals surface area (Å²) in [6, 6.07) is 12.5. The van der Waals surface area contributed by atoms with Crippen LogP contribution in [-0.2, 0) is 4.74 Å². The first-order chi connectivity index (χ1) is 17.6. The van der Waals surface area contributed by atoms with E-state index in [-0.39, 0.29) is 17.5 Å². The molecule has 0 atom stereocenters. The van der Waals surface area contributed by atoms with Gasteiger partial charge >= 0.3 is 0 Å². The van der Waals surface area contributed by atoms with Crippen LogP contribution in [0.5, 0.6) is 11.6 Å². The van der Waals surface area contributed by atoms with E-state index in [2.05, 4.69) is 25.5 Å². The number of carbonyl (C=O) groups is 1. The maximum atomic E-state index is 13.1. The molecule has 0 unspecified atom stereocenters. The maximum Gasteiger partial charge on any atom is 0.274 e. The van der Waals surface area contributed by atoms with Crippen molar-refractivity contribution >= 4 is 28.1 Å². The predicted octanol–water partition coefficient (Wildman–Crippen LogP) is 2.81. The number of amides is 1. The monoisotopic (exact) mass is 488 g/mol. The highest BCUT2D eigenvalue weighted by Crippen LogP contribution is 2.32. The van der Waals surface area contributed by atoms with Crippen LogP contribution >= 0.6 is 0 Å². The van der Waals surface area contributed by atoms with Gasteiger partial charge in [0, 0.05) is 56.5 Å². The lowest BCUT2D eigenvalue weighted by molar-refractivity contribution is 0.102. The number of nitrogens with one attached hydrogen (secondary N) is 2. The van der Waals surface area contributed by atoms with E-state index in [4.69, 9.17) is 9.47 Å². The minimum atomic E-state index is -0.355. The highest BCUT2D eigenvalue weighted by atomic mass is 16.5. The van der Waals surface area contributed by atoms with Crippen LogP contribution in [0.3, 0.4) is 0 Å². The Balaban J connectivity index is 1.38. The smallest absolute Gasteiger partial charge is 0.274 e. The van der Waals surface area contributed by atoms with Crippen LogP contribution in [0.2, 0.25) is 0 Å². The molecule has 186 valence electrons. The van der Waals surface area contributed by atoms with E-state index in [0.717, 1.165) is 37.3 Å². The fraction of sp³-hybridized carbons (Fsp3) is 0.269. The molecule has 0 saturated carbocycles. The van der Waals surface area contributed by atoms with E-state index < -0.39 is 0 Å². The quantitative estimate of drug-likeness (QED) is 0.325.